The van der Waals surface area contributed by atoms with Crippen LogP contribution < -0.4 is 0 Å². The Balaban J connectivity index is 2.05. The third-order valence-corrected chi connectivity index (χ3v) is 4.00. The number of nitrogens with zero attached hydrogens (tertiary/aromatic N) is 1. The summed E-state index contributed by atoms with van der Waals surface area (Å²) in [6, 6.07) is 15.6. The SMILES string of the molecule is Cc1cccc(C(=O)CN(C)C(C)c2ccc(Cl)cc2)c1. The summed E-state index contributed by atoms with van der Waals surface area (Å²) in [6.45, 7) is 4.48. The Morgan fingerprint density at radius 3 is 2.48 bits per heavy atom. The Hall–Kier alpha value is -1.64. The van der Waals surface area contributed by atoms with Crippen molar-refractivity contribution in [3.8, 4) is 0 Å². The first-order valence-corrected chi connectivity index (χ1v) is 7.41. The molecule has 1 unspecified atom stereocenters. The van der Waals surface area contributed by atoms with Crippen LogP contribution in [0.2, 0.25) is 5.02 Å². The molecule has 0 amide bonds. The molecule has 0 aliphatic heterocycles. The topological polar surface area (TPSA) is 20.3 Å². The quantitative estimate of drug-likeness (QED) is 0.757. The van der Waals surface area contributed by atoms with Crippen molar-refractivity contribution in [1.82, 2.24) is 4.90 Å². The fourth-order valence-corrected chi connectivity index (χ4v) is 2.40. The molecule has 1 atom stereocenters. The summed E-state index contributed by atoms with van der Waals surface area (Å²) in [4.78, 5) is 14.4. The van der Waals surface area contributed by atoms with Gasteiger partial charge in [-0.25, -0.2) is 0 Å². The van der Waals surface area contributed by atoms with Crippen molar-refractivity contribution in [2.45, 2.75) is 19.9 Å². The standard InChI is InChI=1S/C18H20ClNO/c1-13-5-4-6-16(11-13)18(21)12-20(3)14(2)15-7-9-17(19)10-8-15/h4-11,14H,12H2,1-3H3. The van der Waals surface area contributed by atoms with E-state index in [1.807, 2.05) is 67.4 Å². The van der Waals surface area contributed by atoms with Crippen molar-refractivity contribution in [1.29, 1.82) is 0 Å². The number of hydrogen-bond acceptors (Lipinski definition) is 2. The summed E-state index contributed by atoms with van der Waals surface area (Å²) in [5.41, 5.74) is 3.03. The first-order chi connectivity index (χ1) is 9.97. The van der Waals surface area contributed by atoms with Crippen molar-refractivity contribution in [2.75, 3.05) is 13.6 Å². The van der Waals surface area contributed by atoms with Gasteiger partial charge in [-0.3, -0.25) is 9.69 Å². The lowest BCUT2D eigenvalue weighted by atomic mass is 10.0. The van der Waals surface area contributed by atoms with Gasteiger partial charge in [-0.2, -0.15) is 0 Å². The van der Waals surface area contributed by atoms with Gasteiger partial charge >= 0.3 is 0 Å². The maximum atomic E-state index is 12.3. The van der Waals surface area contributed by atoms with Gasteiger partial charge in [0, 0.05) is 16.6 Å². The van der Waals surface area contributed by atoms with Crippen LogP contribution in [0.3, 0.4) is 0 Å². The monoisotopic (exact) mass is 301 g/mol. The molecule has 0 saturated heterocycles. The normalized spacial score (nSPS) is 12.4. The second kappa shape index (κ2) is 6.88. The van der Waals surface area contributed by atoms with Crippen LogP contribution in [0.4, 0.5) is 0 Å². The number of carbonyl (C=O) groups excluding carboxylic acids is 1. The molecule has 0 heterocycles. The van der Waals surface area contributed by atoms with E-state index in [1.165, 1.54) is 0 Å². The summed E-state index contributed by atoms with van der Waals surface area (Å²) in [7, 11) is 1.97. The number of hydrogen-bond donors (Lipinski definition) is 0. The average Bonchev–Trinajstić information content (AvgIpc) is 2.47. The van der Waals surface area contributed by atoms with Crippen molar-refractivity contribution in [3.63, 3.8) is 0 Å². The van der Waals surface area contributed by atoms with Crippen molar-refractivity contribution in [3.05, 3.63) is 70.2 Å². The molecule has 0 saturated carbocycles. The maximum absolute atomic E-state index is 12.3. The molecule has 0 fully saturated rings. The van der Waals surface area contributed by atoms with E-state index in [1.54, 1.807) is 0 Å². The van der Waals surface area contributed by atoms with Gasteiger partial charge in [-0.15, -0.1) is 0 Å². The summed E-state index contributed by atoms with van der Waals surface area (Å²) in [5.74, 6) is 0.141. The maximum Gasteiger partial charge on any atom is 0.176 e. The summed E-state index contributed by atoms with van der Waals surface area (Å²) in [5, 5.41) is 0.726. The van der Waals surface area contributed by atoms with Crippen LogP contribution in [0, 0.1) is 6.92 Å². The van der Waals surface area contributed by atoms with E-state index in [-0.39, 0.29) is 11.8 Å². The number of Topliss-reactive ketones (excluding diaryl/α,β-unsaturated/α-hetero) is 1. The fourth-order valence-electron chi connectivity index (χ4n) is 2.27. The highest BCUT2D eigenvalue weighted by molar-refractivity contribution is 6.30. The molecule has 0 aromatic heterocycles. The summed E-state index contributed by atoms with van der Waals surface area (Å²) < 4.78 is 0. The Kier molecular flexibility index (Phi) is 5.16. The molecule has 2 nitrogen and oxygen atoms in total. The van der Waals surface area contributed by atoms with Gasteiger partial charge in [-0.1, -0.05) is 47.5 Å². The van der Waals surface area contributed by atoms with E-state index < -0.39 is 0 Å². The van der Waals surface area contributed by atoms with Crippen LogP contribution in [0.1, 0.15) is 34.5 Å². The molecule has 2 aromatic carbocycles. The van der Waals surface area contributed by atoms with Crippen molar-refractivity contribution < 1.29 is 4.79 Å². The Labute approximate surface area is 131 Å². The van der Waals surface area contributed by atoms with Crippen LogP contribution in [0.15, 0.2) is 48.5 Å². The lowest BCUT2D eigenvalue weighted by molar-refractivity contribution is 0.0924. The minimum absolute atomic E-state index is 0.141. The molecule has 21 heavy (non-hydrogen) atoms. The van der Waals surface area contributed by atoms with Gasteiger partial charge in [0.2, 0.25) is 0 Å². The van der Waals surface area contributed by atoms with E-state index in [0.29, 0.717) is 6.54 Å². The highest BCUT2D eigenvalue weighted by Gasteiger charge is 2.16. The zero-order valence-corrected chi connectivity index (χ0v) is 13.4. The molecule has 0 aliphatic rings. The number of aryl methyl sites for hydroxylation is 1. The van der Waals surface area contributed by atoms with E-state index >= 15 is 0 Å². The van der Waals surface area contributed by atoms with Gasteiger partial charge in [0.15, 0.2) is 5.78 Å². The molecule has 0 N–H and O–H groups in total. The van der Waals surface area contributed by atoms with Crippen LogP contribution in [0.5, 0.6) is 0 Å². The second-order valence-corrected chi connectivity index (χ2v) is 5.87. The van der Waals surface area contributed by atoms with Gasteiger partial charge in [0.1, 0.15) is 0 Å². The van der Waals surface area contributed by atoms with Gasteiger partial charge in [0.25, 0.3) is 0 Å². The molecule has 2 aromatic rings. The van der Waals surface area contributed by atoms with Crippen molar-refractivity contribution in [2.24, 2.45) is 0 Å². The zero-order chi connectivity index (χ0) is 15.4. The Bertz CT molecular complexity index is 621. The second-order valence-electron chi connectivity index (χ2n) is 5.44. The molecule has 0 spiro atoms. The highest BCUT2D eigenvalue weighted by Crippen LogP contribution is 2.21. The lowest BCUT2D eigenvalue weighted by Gasteiger charge is -2.24. The molecular weight excluding hydrogens is 282 g/mol. The smallest absolute Gasteiger partial charge is 0.176 e. The summed E-state index contributed by atoms with van der Waals surface area (Å²) >= 11 is 5.91. The van der Waals surface area contributed by atoms with Crippen molar-refractivity contribution >= 4 is 17.4 Å². The third-order valence-electron chi connectivity index (χ3n) is 3.75. The van der Waals surface area contributed by atoms with Gasteiger partial charge in [-0.05, 0) is 44.7 Å². The van der Waals surface area contributed by atoms with E-state index in [2.05, 4.69) is 6.92 Å². The molecule has 0 aliphatic carbocycles. The predicted octanol–water partition coefficient (Wildman–Crippen LogP) is 4.52. The first kappa shape index (κ1) is 15.7. The molecular formula is C18H20ClNO. The van der Waals surface area contributed by atoms with E-state index in [0.717, 1.165) is 21.7 Å². The van der Waals surface area contributed by atoms with Crippen LogP contribution in [-0.4, -0.2) is 24.3 Å². The molecule has 2 rings (SSSR count). The number of carbonyl (C=O) groups is 1. The minimum atomic E-state index is 0.141. The van der Waals surface area contributed by atoms with E-state index in [9.17, 15) is 4.79 Å². The van der Waals surface area contributed by atoms with Gasteiger partial charge < -0.3 is 0 Å². The minimum Gasteiger partial charge on any atom is -0.293 e. The number of benzene rings is 2. The molecule has 110 valence electrons. The molecule has 0 radical (unpaired) electrons. The number of halogens is 1. The number of rotatable bonds is 5. The Morgan fingerprint density at radius 1 is 1.19 bits per heavy atom. The summed E-state index contributed by atoms with van der Waals surface area (Å²) in [6.07, 6.45) is 0. The zero-order valence-electron chi connectivity index (χ0n) is 12.6. The number of ketones is 1. The lowest BCUT2D eigenvalue weighted by Crippen LogP contribution is -2.28. The average molecular weight is 302 g/mol. The highest BCUT2D eigenvalue weighted by atomic mass is 35.5. The molecule has 3 heteroatoms. The van der Waals surface area contributed by atoms with Crippen LogP contribution in [-0.2, 0) is 0 Å². The molecule has 0 bridgehead atoms. The fraction of sp³-hybridized carbons (Fsp3) is 0.278. The number of likely N-dealkylation sites (N-methyl/N-ethyl adjacent to an activating group) is 1. The van der Waals surface area contributed by atoms with Gasteiger partial charge in [0.05, 0.1) is 6.54 Å². The predicted molar refractivity (Wildman–Crippen MR) is 88.0 cm³/mol. The van der Waals surface area contributed by atoms with Crippen LogP contribution >= 0.6 is 11.6 Å². The third kappa shape index (κ3) is 4.16. The Morgan fingerprint density at radius 2 is 1.86 bits per heavy atom. The largest absolute Gasteiger partial charge is 0.293 e. The van der Waals surface area contributed by atoms with Crippen LogP contribution in [0.25, 0.3) is 0 Å². The van der Waals surface area contributed by atoms with E-state index in [4.69, 9.17) is 11.6 Å². The first-order valence-electron chi connectivity index (χ1n) is 7.03.